The van der Waals surface area contributed by atoms with E-state index in [9.17, 15) is 14.7 Å². The van der Waals surface area contributed by atoms with Gasteiger partial charge in [0.15, 0.2) is 6.61 Å². The highest BCUT2D eigenvalue weighted by atomic mass is 16.5. The number of carbonyl (C=O) groups excluding carboxylic acids is 2. The smallest absolute Gasteiger partial charge is 0.258 e. The molecule has 0 spiro atoms. The molecule has 3 atom stereocenters. The Labute approximate surface area is 164 Å². The van der Waals surface area contributed by atoms with Crippen LogP contribution in [0.15, 0.2) is 54.7 Å². The lowest BCUT2D eigenvalue weighted by Gasteiger charge is -2.16. The second kappa shape index (κ2) is 9.85. The van der Waals surface area contributed by atoms with Gasteiger partial charge in [-0.15, -0.1) is 0 Å². The molecule has 1 aliphatic rings. The molecule has 1 fully saturated rings. The number of aromatic nitrogens is 1. The van der Waals surface area contributed by atoms with E-state index < -0.39 is 12.1 Å². The summed E-state index contributed by atoms with van der Waals surface area (Å²) in [7, 11) is 0. The predicted molar refractivity (Wildman–Crippen MR) is 104 cm³/mol. The highest BCUT2D eigenvalue weighted by Crippen LogP contribution is 2.26. The summed E-state index contributed by atoms with van der Waals surface area (Å²) in [5, 5.41) is 15.8. The molecule has 3 N–H and O–H groups in total. The van der Waals surface area contributed by atoms with Gasteiger partial charge in [0, 0.05) is 30.8 Å². The summed E-state index contributed by atoms with van der Waals surface area (Å²) < 4.78 is 5.40. The van der Waals surface area contributed by atoms with E-state index in [0.29, 0.717) is 31.6 Å². The Hall–Kier alpha value is -2.93. The van der Waals surface area contributed by atoms with E-state index in [-0.39, 0.29) is 24.3 Å². The number of amides is 2. The van der Waals surface area contributed by atoms with Crippen molar-refractivity contribution in [2.45, 2.75) is 31.4 Å². The standard InChI is InChI=1S/C21H25N3O4/c25-19-13-15(21(27)23-11-9-16-6-4-5-10-22-16)12-18(19)24-20(26)14-28-17-7-2-1-3-8-17/h1-8,10,15,18-19,25H,9,11-14H2,(H,23,27)(H,24,26)/t15-,18+,19+/m0/s1. The monoisotopic (exact) mass is 383 g/mol. The van der Waals surface area contributed by atoms with Crippen molar-refractivity contribution in [1.82, 2.24) is 15.6 Å². The topological polar surface area (TPSA) is 101 Å². The molecule has 2 amide bonds. The fourth-order valence-electron chi connectivity index (χ4n) is 3.30. The van der Waals surface area contributed by atoms with Crippen LogP contribution in [0.5, 0.6) is 5.75 Å². The van der Waals surface area contributed by atoms with Gasteiger partial charge >= 0.3 is 0 Å². The molecule has 0 aliphatic heterocycles. The summed E-state index contributed by atoms with van der Waals surface area (Å²) in [6.45, 7) is 0.360. The molecule has 7 nitrogen and oxygen atoms in total. The molecule has 0 bridgehead atoms. The van der Waals surface area contributed by atoms with Crippen LogP contribution in [-0.4, -0.2) is 47.2 Å². The number of aliphatic hydroxyl groups excluding tert-OH is 1. The Kier molecular flexibility index (Phi) is 6.97. The number of carbonyl (C=O) groups is 2. The number of ether oxygens (including phenoxy) is 1. The first kappa shape index (κ1) is 19.8. The average Bonchev–Trinajstić information content (AvgIpc) is 3.08. The van der Waals surface area contributed by atoms with Gasteiger partial charge in [-0.05, 0) is 37.1 Å². The third-order valence-corrected chi connectivity index (χ3v) is 4.77. The summed E-state index contributed by atoms with van der Waals surface area (Å²) in [5.74, 6) is -0.134. The van der Waals surface area contributed by atoms with E-state index in [1.54, 1.807) is 18.3 Å². The average molecular weight is 383 g/mol. The quantitative estimate of drug-likeness (QED) is 0.633. The number of hydrogen-bond donors (Lipinski definition) is 3. The van der Waals surface area contributed by atoms with Gasteiger partial charge in [0.2, 0.25) is 5.91 Å². The maximum Gasteiger partial charge on any atom is 0.258 e. The molecule has 0 unspecified atom stereocenters. The van der Waals surface area contributed by atoms with Gasteiger partial charge in [-0.2, -0.15) is 0 Å². The zero-order valence-electron chi connectivity index (χ0n) is 15.6. The summed E-state index contributed by atoms with van der Waals surface area (Å²) in [6.07, 6.45) is 2.37. The minimum Gasteiger partial charge on any atom is -0.484 e. The van der Waals surface area contributed by atoms with Crippen LogP contribution >= 0.6 is 0 Å². The minimum atomic E-state index is -0.743. The molecular formula is C21H25N3O4. The molecule has 0 saturated heterocycles. The van der Waals surface area contributed by atoms with Crippen LogP contribution in [0.1, 0.15) is 18.5 Å². The first-order valence-corrected chi connectivity index (χ1v) is 9.44. The van der Waals surface area contributed by atoms with Gasteiger partial charge in [0.1, 0.15) is 5.75 Å². The number of pyridine rings is 1. The van der Waals surface area contributed by atoms with Crippen molar-refractivity contribution in [3.63, 3.8) is 0 Å². The summed E-state index contributed by atoms with van der Waals surface area (Å²) >= 11 is 0. The maximum absolute atomic E-state index is 12.3. The van der Waals surface area contributed by atoms with Gasteiger partial charge in [0.25, 0.3) is 5.91 Å². The Bertz CT molecular complexity index is 770. The zero-order chi connectivity index (χ0) is 19.8. The van der Waals surface area contributed by atoms with Crippen molar-refractivity contribution in [2.24, 2.45) is 5.92 Å². The maximum atomic E-state index is 12.3. The molecule has 7 heteroatoms. The van der Waals surface area contributed by atoms with E-state index in [0.717, 1.165) is 5.69 Å². The number of nitrogens with one attached hydrogen (secondary N) is 2. The molecule has 1 aliphatic carbocycles. The lowest BCUT2D eigenvalue weighted by molar-refractivity contribution is -0.126. The number of para-hydroxylation sites is 1. The van der Waals surface area contributed by atoms with E-state index in [1.165, 1.54) is 0 Å². The summed E-state index contributed by atoms with van der Waals surface area (Å²) in [6, 6.07) is 14.3. The van der Waals surface area contributed by atoms with Gasteiger partial charge in [-0.25, -0.2) is 0 Å². The molecule has 1 heterocycles. The van der Waals surface area contributed by atoms with Crippen molar-refractivity contribution in [2.75, 3.05) is 13.2 Å². The van der Waals surface area contributed by atoms with Gasteiger partial charge in [-0.3, -0.25) is 14.6 Å². The molecular weight excluding hydrogens is 358 g/mol. The highest BCUT2D eigenvalue weighted by molar-refractivity contribution is 5.80. The molecule has 0 radical (unpaired) electrons. The second-order valence-corrected chi connectivity index (χ2v) is 6.87. The number of benzene rings is 1. The normalized spacial score (nSPS) is 21.1. The predicted octanol–water partition coefficient (Wildman–Crippen LogP) is 1.07. The Morgan fingerprint density at radius 2 is 1.89 bits per heavy atom. The van der Waals surface area contributed by atoms with Crippen LogP contribution in [0.4, 0.5) is 0 Å². The fourth-order valence-corrected chi connectivity index (χ4v) is 3.30. The summed E-state index contributed by atoms with van der Waals surface area (Å²) in [4.78, 5) is 28.6. The SMILES string of the molecule is O=C(COc1ccccc1)N[C@@H]1C[C@H](C(=O)NCCc2ccccn2)C[C@H]1O. The number of rotatable bonds is 8. The second-order valence-electron chi connectivity index (χ2n) is 6.87. The molecule has 2 aromatic rings. The number of aliphatic hydroxyl groups is 1. The van der Waals surface area contributed by atoms with Crippen LogP contribution in [0, 0.1) is 5.92 Å². The Morgan fingerprint density at radius 3 is 2.64 bits per heavy atom. The third-order valence-electron chi connectivity index (χ3n) is 4.77. The molecule has 1 aromatic carbocycles. The highest BCUT2D eigenvalue weighted by Gasteiger charge is 2.37. The molecule has 1 saturated carbocycles. The number of hydrogen-bond acceptors (Lipinski definition) is 5. The van der Waals surface area contributed by atoms with E-state index in [4.69, 9.17) is 4.74 Å². The van der Waals surface area contributed by atoms with Crippen LogP contribution in [0.25, 0.3) is 0 Å². The minimum absolute atomic E-state index is 0.104. The van der Waals surface area contributed by atoms with Crippen molar-refractivity contribution in [3.05, 3.63) is 60.4 Å². The van der Waals surface area contributed by atoms with Crippen LogP contribution in [-0.2, 0) is 16.0 Å². The van der Waals surface area contributed by atoms with Crippen LogP contribution in [0.2, 0.25) is 0 Å². The zero-order valence-corrected chi connectivity index (χ0v) is 15.6. The molecule has 1 aromatic heterocycles. The van der Waals surface area contributed by atoms with Gasteiger partial charge in [-0.1, -0.05) is 24.3 Å². The van der Waals surface area contributed by atoms with Crippen molar-refractivity contribution < 1.29 is 19.4 Å². The van der Waals surface area contributed by atoms with Crippen LogP contribution in [0.3, 0.4) is 0 Å². The van der Waals surface area contributed by atoms with E-state index in [2.05, 4.69) is 15.6 Å². The third kappa shape index (κ3) is 5.79. The first-order valence-electron chi connectivity index (χ1n) is 9.44. The largest absolute Gasteiger partial charge is 0.484 e. The lowest BCUT2D eigenvalue weighted by atomic mass is 10.1. The molecule has 28 heavy (non-hydrogen) atoms. The van der Waals surface area contributed by atoms with E-state index >= 15 is 0 Å². The first-order chi connectivity index (χ1) is 13.6. The molecule has 148 valence electrons. The Balaban J connectivity index is 1.39. The summed E-state index contributed by atoms with van der Waals surface area (Å²) in [5.41, 5.74) is 0.915. The molecule has 3 rings (SSSR count). The Morgan fingerprint density at radius 1 is 1.11 bits per heavy atom. The fraction of sp³-hybridized carbons (Fsp3) is 0.381. The number of nitrogens with zero attached hydrogens (tertiary/aromatic N) is 1. The van der Waals surface area contributed by atoms with Crippen molar-refractivity contribution in [3.8, 4) is 5.75 Å². The van der Waals surface area contributed by atoms with E-state index in [1.807, 2.05) is 36.4 Å². The van der Waals surface area contributed by atoms with Gasteiger partial charge in [0.05, 0.1) is 12.1 Å². The lowest BCUT2D eigenvalue weighted by Crippen LogP contribution is -2.42. The van der Waals surface area contributed by atoms with Crippen molar-refractivity contribution in [1.29, 1.82) is 0 Å². The van der Waals surface area contributed by atoms with Crippen molar-refractivity contribution >= 4 is 11.8 Å². The van der Waals surface area contributed by atoms with Crippen LogP contribution < -0.4 is 15.4 Å². The van der Waals surface area contributed by atoms with Gasteiger partial charge < -0.3 is 20.5 Å².